The third-order valence-corrected chi connectivity index (χ3v) is 4.41. The van der Waals surface area contributed by atoms with Crippen molar-refractivity contribution in [3.8, 4) is 0 Å². The van der Waals surface area contributed by atoms with E-state index in [1.165, 1.54) is 0 Å². The van der Waals surface area contributed by atoms with Crippen LogP contribution in [0.2, 0.25) is 0 Å². The maximum absolute atomic E-state index is 5.69. The third kappa shape index (κ3) is 7.92. The molecule has 0 saturated carbocycles. The minimum Gasteiger partial charge on any atom is -0.469 e. The molecule has 142 valence electrons. The molecule has 2 N–H and O–H groups in total. The van der Waals surface area contributed by atoms with Crippen molar-refractivity contribution in [2.45, 2.75) is 45.6 Å². The molecule has 0 aliphatic carbocycles. The summed E-state index contributed by atoms with van der Waals surface area (Å²) in [5.41, 5.74) is 0.107. The van der Waals surface area contributed by atoms with E-state index in [2.05, 4.69) is 24.5 Å². The van der Waals surface area contributed by atoms with Crippen LogP contribution < -0.4 is 10.6 Å². The molecule has 1 aliphatic rings. The molecule has 2 heterocycles. The molecule has 1 saturated heterocycles. The first-order valence-corrected chi connectivity index (χ1v) is 9.24. The molecule has 1 unspecified atom stereocenters. The number of ether oxygens (including phenoxy) is 2. The number of rotatable bonds is 10. The number of aliphatic imine (C=N–C) groups is 1. The molecule has 0 amide bonds. The fourth-order valence-corrected chi connectivity index (χ4v) is 2.70. The van der Waals surface area contributed by atoms with Gasteiger partial charge in [-0.15, -0.1) is 0 Å². The topological polar surface area (TPSA) is 68.0 Å². The van der Waals surface area contributed by atoms with Crippen LogP contribution in [0.1, 0.15) is 38.9 Å². The Morgan fingerprint density at radius 3 is 2.96 bits per heavy atom. The molecule has 6 heteroatoms. The van der Waals surface area contributed by atoms with E-state index < -0.39 is 0 Å². The standard InChI is InChI=1S/C19H33N3O3/c1-19(2,9-13-23-3)15-22-18(21-14-17-7-5-12-25-17)20-10-8-16-6-4-11-24-16/h4,6,11,17H,5,7-10,12-15H2,1-3H3,(H2,20,21,22). The van der Waals surface area contributed by atoms with Crippen molar-refractivity contribution in [3.05, 3.63) is 24.2 Å². The van der Waals surface area contributed by atoms with Gasteiger partial charge >= 0.3 is 0 Å². The first-order valence-electron chi connectivity index (χ1n) is 9.24. The van der Waals surface area contributed by atoms with Crippen LogP contribution >= 0.6 is 0 Å². The average Bonchev–Trinajstić information content (AvgIpc) is 3.28. The monoisotopic (exact) mass is 351 g/mol. The fraction of sp³-hybridized carbons (Fsp3) is 0.737. The van der Waals surface area contributed by atoms with Gasteiger partial charge in [0, 0.05) is 46.4 Å². The van der Waals surface area contributed by atoms with Crippen LogP contribution in [0.25, 0.3) is 0 Å². The zero-order valence-corrected chi connectivity index (χ0v) is 15.8. The molecule has 6 nitrogen and oxygen atoms in total. The van der Waals surface area contributed by atoms with Crippen molar-refractivity contribution in [1.82, 2.24) is 10.6 Å². The molecular weight excluding hydrogens is 318 g/mol. The van der Waals surface area contributed by atoms with Gasteiger partial charge in [0.05, 0.1) is 12.4 Å². The van der Waals surface area contributed by atoms with Crippen molar-refractivity contribution in [3.63, 3.8) is 0 Å². The van der Waals surface area contributed by atoms with E-state index in [9.17, 15) is 0 Å². The summed E-state index contributed by atoms with van der Waals surface area (Å²) in [4.78, 5) is 4.78. The summed E-state index contributed by atoms with van der Waals surface area (Å²) in [5, 5.41) is 6.83. The van der Waals surface area contributed by atoms with Gasteiger partial charge in [0.1, 0.15) is 5.76 Å². The zero-order valence-electron chi connectivity index (χ0n) is 15.8. The van der Waals surface area contributed by atoms with Gasteiger partial charge in [-0.3, -0.25) is 4.99 Å². The fourth-order valence-electron chi connectivity index (χ4n) is 2.70. The van der Waals surface area contributed by atoms with E-state index in [1.807, 2.05) is 12.1 Å². The number of furan rings is 1. The Balaban J connectivity index is 1.83. The van der Waals surface area contributed by atoms with Crippen LogP contribution in [0.15, 0.2) is 27.8 Å². The van der Waals surface area contributed by atoms with Crippen LogP contribution in [0, 0.1) is 5.41 Å². The molecule has 1 aromatic heterocycles. The number of guanidine groups is 1. The Kier molecular flexibility index (Phi) is 8.28. The van der Waals surface area contributed by atoms with Gasteiger partial charge in [-0.05, 0) is 36.8 Å². The summed E-state index contributed by atoms with van der Waals surface area (Å²) < 4.78 is 16.3. The van der Waals surface area contributed by atoms with Gasteiger partial charge in [0.15, 0.2) is 5.96 Å². The van der Waals surface area contributed by atoms with E-state index in [1.54, 1.807) is 13.4 Å². The molecule has 1 fully saturated rings. The first-order chi connectivity index (χ1) is 12.1. The minimum atomic E-state index is 0.107. The molecule has 0 spiro atoms. The second-order valence-corrected chi connectivity index (χ2v) is 7.34. The van der Waals surface area contributed by atoms with Gasteiger partial charge in [0.25, 0.3) is 0 Å². The summed E-state index contributed by atoms with van der Waals surface area (Å²) in [6, 6.07) is 3.91. The number of hydrogen-bond acceptors (Lipinski definition) is 4. The molecule has 1 atom stereocenters. The van der Waals surface area contributed by atoms with Gasteiger partial charge < -0.3 is 24.5 Å². The number of methoxy groups -OCH3 is 1. The summed E-state index contributed by atoms with van der Waals surface area (Å²) in [7, 11) is 1.74. The van der Waals surface area contributed by atoms with Crippen molar-refractivity contribution < 1.29 is 13.9 Å². The lowest BCUT2D eigenvalue weighted by Crippen LogP contribution is -2.42. The van der Waals surface area contributed by atoms with E-state index >= 15 is 0 Å². The molecule has 0 radical (unpaired) electrons. The normalized spacial score (nSPS) is 18.5. The van der Waals surface area contributed by atoms with Gasteiger partial charge in [-0.1, -0.05) is 13.8 Å². The lowest BCUT2D eigenvalue weighted by molar-refractivity contribution is 0.113. The summed E-state index contributed by atoms with van der Waals surface area (Å²) in [6.07, 6.45) is 6.08. The van der Waals surface area contributed by atoms with Gasteiger partial charge in [0.2, 0.25) is 0 Å². The smallest absolute Gasteiger partial charge is 0.191 e. The SMILES string of the molecule is COCCC(C)(C)CN=C(NCCc1ccco1)NCC1CCCO1. The van der Waals surface area contributed by atoms with Crippen LogP contribution in [-0.2, 0) is 15.9 Å². The second-order valence-electron chi connectivity index (χ2n) is 7.34. The predicted octanol–water partition coefficient (Wildman–Crippen LogP) is 2.60. The third-order valence-electron chi connectivity index (χ3n) is 4.41. The number of nitrogens with zero attached hydrogens (tertiary/aromatic N) is 1. The quantitative estimate of drug-likeness (QED) is 0.501. The Labute approximate surface area is 151 Å². The van der Waals surface area contributed by atoms with Crippen molar-refractivity contribution >= 4 is 5.96 Å². The Morgan fingerprint density at radius 1 is 1.40 bits per heavy atom. The number of nitrogens with one attached hydrogen (secondary N) is 2. The van der Waals surface area contributed by atoms with Crippen LogP contribution in [0.3, 0.4) is 0 Å². The van der Waals surface area contributed by atoms with E-state index in [4.69, 9.17) is 18.9 Å². The average molecular weight is 351 g/mol. The maximum Gasteiger partial charge on any atom is 0.191 e. The van der Waals surface area contributed by atoms with Crippen molar-refractivity contribution in [2.24, 2.45) is 10.4 Å². The highest BCUT2D eigenvalue weighted by Crippen LogP contribution is 2.20. The predicted molar refractivity (Wildman–Crippen MR) is 100.0 cm³/mol. The highest BCUT2D eigenvalue weighted by molar-refractivity contribution is 5.79. The summed E-state index contributed by atoms with van der Waals surface area (Å²) in [5.74, 6) is 1.82. The molecule has 0 aromatic carbocycles. The van der Waals surface area contributed by atoms with E-state index in [0.29, 0.717) is 6.10 Å². The zero-order chi connectivity index (χ0) is 18.0. The van der Waals surface area contributed by atoms with Gasteiger partial charge in [-0.25, -0.2) is 0 Å². The Bertz CT molecular complexity index is 494. The highest BCUT2D eigenvalue weighted by atomic mass is 16.5. The van der Waals surface area contributed by atoms with E-state index in [-0.39, 0.29) is 5.41 Å². The molecule has 1 aromatic rings. The first kappa shape index (κ1) is 19.8. The molecule has 25 heavy (non-hydrogen) atoms. The molecule has 0 bridgehead atoms. The van der Waals surface area contributed by atoms with Gasteiger partial charge in [-0.2, -0.15) is 0 Å². The lowest BCUT2D eigenvalue weighted by Gasteiger charge is -2.23. The Hall–Kier alpha value is -1.53. The van der Waals surface area contributed by atoms with Crippen LogP contribution in [-0.4, -0.2) is 52.0 Å². The highest BCUT2D eigenvalue weighted by Gasteiger charge is 2.18. The maximum atomic E-state index is 5.69. The summed E-state index contributed by atoms with van der Waals surface area (Å²) in [6.45, 7) is 8.39. The van der Waals surface area contributed by atoms with Crippen LogP contribution in [0.4, 0.5) is 0 Å². The minimum absolute atomic E-state index is 0.107. The summed E-state index contributed by atoms with van der Waals surface area (Å²) >= 11 is 0. The lowest BCUT2D eigenvalue weighted by atomic mass is 9.90. The number of hydrogen-bond donors (Lipinski definition) is 2. The largest absolute Gasteiger partial charge is 0.469 e. The van der Waals surface area contributed by atoms with Crippen LogP contribution in [0.5, 0.6) is 0 Å². The molecular formula is C19H33N3O3. The second kappa shape index (κ2) is 10.5. The molecule has 1 aliphatic heterocycles. The van der Waals surface area contributed by atoms with E-state index in [0.717, 1.165) is 70.3 Å². The Morgan fingerprint density at radius 2 is 2.28 bits per heavy atom. The van der Waals surface area contributed by atoms with Crippen molar-refractivity contribution in [2.75, 3.05) is 40.0 Å². The van der Waals surface area contributed by atoms with Crippen molar-refractivity contribution in [1.29, 1.82) is 0 Å². The molecule has 2 rings (SSSR count).